The number of rotatable bonds is 0. The van der Waals surface area contributed by atoms with Gasteiger partial charge in [0, 0.05) is 0 Å². The lowest BCUT2D eigenvalue weighted by molar-refractivity contribution is 1.57. The zero-order valence-electron chi connectivity index (χ0n) is 11.2. The minimum absolute atomic E-state index is 1.22. The molecule has 0 aromatic rings. The molecule has 0 unspecified atom stereocenters. The van der Waals surface area contributed by atoms with Gasteiger partial charge in [-0.15, -0.1) is 5.54 Å². The van der Waals surface area contributed by atoms with Gasteiger partial charge < -0.3 is 0 Å². The molecule has 0 saturated carbocycles. The van der Waals surface area contributed by atoms with Crippen molar-refractivity contribution in [3.05, 3.63) is 28.6 Å². The Kier molecular flexibility index (Phi) is 4.77. The third-order valence-electron chi connectivity index (χ3n) is 2.19. The van der Waals surface area contributed by atoms with Crippen molar-refractivity contribution < 1.29 is 0 Å². The van der Waals surface area contributed by atoms with E-state index in [1.807, 2.05) is 47.0 Å². The summed E-state index contributed by atoms with van der Waals surface area (Å²) in [5, 5.41) is 2.20. The summed E-state index contributed by atoms with van der Waals surface area (Å²) in [5.74, 6) is 3.35. The molecule has 0 nitrogen and oxygen atoms in total. The maximum absolute atomic E-state index is 3.43. The SMILES string of the molecule is CC1=C(C)SC(=C2SC=C(C#C[Si](C)(C)C)S2)S1. The highest BCUT2D eigenvalue weighted by Gasteiger charge is 2.22. The lowest BCUT2D eigenvalue weighted by Crippen LogP contribution is -2.16. The highest BCUT2D eigenvalue weighted by atomic mass is 32.2. The summed E-state index contributed by atoms with van der Waals surface area (Å²) in [4.78, 5) is 4.09. The zero-order chi connectivity index (χ0) is 13.3. The lowest BCUT2D eigenvalue weighted by Gasteiger charge is -2.03. The number of allylic oxidation sites excluding steroid dienone is 3. The molecule has 0 amide bonds. The summed E-state index contributed by atoms with van der Waals surface area (Å²) in [5.41, 5.74) is 3.43. The van der Waals surface area contributed by atoms with E-state index in [-0.39, 0.29) is 0 Å². The standard InChI is InChI=1S/C13H16S4Si/c1-9-10(2)16-13(15-9)12-14-8-11(17-12)6-7-18(3,4)5/h8H,1-5H3. The Morgan fingerprint density at radius 1 is 0.944 bits per heavy atom. The summed E-state index contributed by atoms with van der Waals surface area (Å²) < 4.78 is 2.84. The minimum atomic E-state index is -1.26. The van der Waals surface area contributed by atoms with Gasteiger partial charge >= 0.3 is 0 Å². The van der Waals surface area contributed by atoms with E-state index in [9.17, 15) is 0 Å². The van der Waals surface area contributed by atoms with Crippen LogP contribution in [0.5, 0.6) is 0 Å². The highest BCUT2D eigenvalue weighted by Crippen LogP contribution is 2.57. The van der Waals surface area contributed by atoms with Crippen molar-refractivity contribution in [1.29, 1.82) is 0 Å². The van der Waals surface area contributed by atoms with Gasteiger partial charge in [0.25, 0.3) is 0 Å². The van der Waals surface area contributed by atoms with Crippen molar-refractivity contribution in [2.45, 2.75) is 33.5 Å². The summed E-state index contributed by atoms with van der Waals surface area (Å²) in [6, 6.07) is 0. The van der Waals surface area contributed by atoms with Crippen LogP contribution in [0.3, 0.4) is 0 Å². The smallest absolute Gasteiger partial charge is 0.126 e. The van der Waals surface area contributed by atoms with Crippen LogP contribution >= 0.6 is 47.0 Å². The Morgan fingerprint density at radius 2 is 1.56 bits per heavy atom. The summed E-state index contributed by atoms with van der Waals surface area (Å²) in [7, 11) is -1.26. The molecule has 0 aromatic carbocycles. The number of hydrogen-bond acceptors (Lipinski definition) is 4. The van der Waals surface area contributed by atoms with E-state index in [0.29, 0.717) is 0 Å². The van der Waals surface area contributed by atoms with Gasteiger partial charge in [0.05, 0.1) is 13.4 Å². The van der Waals surface area contributed by atoms with Crippen molar-refractivity contribution in [3.63, 3.8) is 0 Å². The van der Waals surface area contributed by atoms with E-state index in [1.54, 1.807) is 0 Å². The molecule has 0 atom stereocenters. The fourth-order valence-corrected chi connectivity index (χ4v) is 6.69. The predicted molar refractivity (Wildman–Crippen MR) is 95.0 cm³/mol. The Labute approximate surface area is 128 Å². The van der Waals surface area contributed by atoms with E-state index < -0.39 is 8.07 Å². The van der Waals surface area contributed by atoms with Gasteiger partial charge in [-0.1, -0.05) is 72.6 Å². The van der Waals surface area contributed by atoms with Crippen LogP contribution < -0.4 is 0 Å². The first-order valence-electron chi connectivity index (χ1n) is 5.70. The fourth-order valence-electron chi connectivity index (χ4n) is 1.17. The van der Waals surface area contributed by atoms with Gasteiger partial charge in [-0.2, -0.15) is 0 Å². The molecule has 0 N–H and O–H groups in total. The molecule has 18 heavy (non-hydrogen) atoms. The van der Waals surface area contributed by atoms with Gasteiger partial charge in [-0.25, -0.2) is 0 Å². The molecule has 96 valence electrons. The maximum Gasteiger partial charge on any atom is 0.129 e. The van der Waals surface area contributed by atoms with Crippen LogP contribution in [-0.2, 0) is 0 Å². The molecule has 5 heteroatoms. The minimum Gasteiger partial charge on any atom is -0.126 e. The van der Waals surface area contributed by atoms with E-state index in [1.165, 1.54) is 23.2 Å². The average Bonchev–Trinajstić information content (AvgIpc) is 2.83. The lowest BCUT2D eigenvalue weighted by atomic mass is 10.6. The van der Waals surface area contributed by atoms with Crippen LogP contribution in [-0.4, -0.2) is 8.07 Å². The third kappa shape index (κ3) is 3.94. The maximum atomic E-state index is 3.43. The van der Waals surface area contributed by atoms with Crippen LogP contribution in [0.2, 0.25) is 19.6 Å². The Bertz CT molecular complexity index is 507. The van der Waals surface area contributed by atoms with Gasteiger partial charge in [0.15, 0.2) is 0 Å². The Hall–Kier alpha value is 0.397. The van der Waals surface area contributed by atoms with Gasteiger partial charge in [-0.05, 0) is 29.1 Å². The van der Waals surface area contributed by atoms with E-state index in [0.717, 1.165) is 0 Å². The Morgan fingerprint density at radius 3 is 2.11 bits per heavy atom. The third-order valence-corrected chi connectivity index (χ3v) is 8.50. The van der Waals surface area contributed by atoms with Crippen molar-refractivity contribution in [3.8, 4) is 11.5 Å². The largest absolute Gasteiger partial charge is 0.129 e. The van der Waals surface area contributed by atoms with E-state index >= 15 is 0 Å². The summed E-state index contributed by atoms with van der Waals surface area (Å²) >= 11 is 7.47. The van der Waals surface area contributed by atoms with Crippen molar-refractivity contribution in [2.24, 2.45) is 0 Å². The normalized spacial score (nSPS) is 20.2. The molecule has 0 saturated heterocycles. The molecule has 0 spiro atoms. The molecular weight excluding hydrogens is 312 g/mol. The first kappa shape index (κ1) is 14.8. The van der Waals surface area contributed by atoms with Crippen molar-refractivity contribution in [1.82, 2.24) is 0 Å². The van der Waals surface area contributed by atoms with Crippen LogP contribution in [0, 0.1) is 11.5 Å². The first-order chi connectivity index (χ1) is 8.35. The van der Waals surface area contributed by atoms with Crippen LogP contribution in [0.25, 0.3) is 0 Å². The second-order valence-electron chi connectivity index (χ2n) is 5.09. The van der Waals surface area contributed by atoms with Gasteiger partial charge in [-0.3, -0.25) is 0 Å². The molecule has 0 aromatic heterocycles. The molecule has 2 heterocycles. The zero-order valence-corrected chi connectivity index (χ0v) is 15.5. The molecule has 2 rings (SSSR count). The summed E-state index contributed by atoms with van der Waals surface area (Å²) in [6.07, 6.45) is 0. The van der Waals surface area contributed by atoms with Crippen molar-refractivity contribution >= 4 is 55.1 Å². The van der Waals surface area contributed by atoms with Crippen LogP contribution in [0.4, 0.5) is 0 Å². The van der Waals surface area contributed by atoms with E-state index in [2.05, 4.69) is 50.4 Å². The summed E-state index contributed by atoms with van der Waals surface area (Å²) in [6.45, 7) is 11.2. The molecule has 0 aliphatic carbocycles. The number of hydrogen-bond donors (Lipinski definition) is 0. The first-order valence-corrected chi connectivity index (χ1v) is 12.5. The van der Waals surface area contributed by atoms with Crippen LogP contribution in [0.1, 0.15) is 13.8 Å². The van der Waals surface area contributed by atoms with E-state index in [4.69, 9.17) is 0 Å². The molecule has 0 fully saturated rings. The van der Waals surface area contributed by atoms with Gasteiger partial charge in [0.2, 0.25) is 0 Å². The second kappa shape index (κ2) is 5.80. The molecule has 2 aliphatic rings. The second-order valence-corrected chi connectivity index (χ2v) is 14.7. The molecule has 0 bridgehead atoms. The van der Waals surface area contributed by atoms with Crippen LogP contribution in [0.15, 0.2) is 28.6 Å². The molecule has 0 radical (unpaired) electrons. The topological polar surface area (TPSA) is 0 Å². The molecule has 2 aliphatic heterocycles. The predicted octanol–water partition coefficient (Wildman–Crippen LogP) is 6.05. The highest BCUT2D eigenvalue weighted by molar-refractivity contribution is 8.34. The van der Waals surface area contributed by atoms with Crippen molar-refractivity contribution in [2.75, 3.05) is 0 Å². The Balaban J connectivity index is 2.04. The number of thioether (sulfide) groups is 4. The fraction of sp³-hybridized carbons (Fsp3) is 0.385. The average molecular weight is 329 g/mol. The monoisotopic (exact) mass is 328 g/mol. The molecular formula is C13H16S4Si. The van der Waals surface area contributed by atoms with Gasteiger partial charge in [0.1, 0.15) is 8.07 Å². The quantitative estimate of drug-likeness (QED) is 0.392.